The molecule has 4 heteroatoms. The average molecular weight is 230 g/mol. The minimum Gasteiger partial charge on any atom is -0.871 e. The molecule has 0 fully saturated rings. The van der Waals surface area contributed by atoms with Crippen LogP contribution in [0.4, 0.5) is 0 Å². The summed E-state index contributed by atoms with van der Waals surface area (Å²) in [5.41, 5.74) is 2.39. The largest absolute Gasteiger partial charge is 0.871 e. The van der Waals surface area contributed by atoms with Gasteiger partial charge in [-0.3, -0.25) is 0 Å². The number of rotatable bonds is 2. The lowest BCUT2D eigenvalue weighted by atomic mass is 10.2. The first-order valence-corrected chi connectivity index (χ1v) is 5.20. The zero-order valence-corrected chi connectivity index (χ0v) is 9.60. The minimum absolute atomic E-state index is 0.0150. The Balaban J connectivity index is 2.58. The fourth-order valence-electron chi connectivity index (χ4n) is 1.88. The molecule has 17 heavy (non-hydrogen) atoms. The molecule has 0 atom stereocenters. The Morgan fingerprint density at radius 1 is 1.18 bits per heavy atom. The van der Waals surface area contributed by atoms with Gasteiger partial charge in [0.25, 0.3) is 0 Å². The number of aromatic nitrogens is 1. The van der Waals surface area contributed by atoms with Crippen LogP contribution >= 0.6 is 0 Å². The van der Waals surface area contributed by atoms with E-state index >= 15 is 0 Å². The third-order valence-corrected chi connectivity index (χ3v) is 2.72. The fourth-order valence-corrected chi connectivity index (χ4v) is 1.88. The number of nitrogens with zero attached hydrogens (tertiary/aromatic N) is 1. The molecule has 2 rings (SSSR count). The summed E-state index contributed by atoms with van der Waals surface area (Å²) in [7, 11) is 0. The normalized spacial score (nSPS) is 10.5. The summed E-state index contributed by atoms with van der Waals surface area (Å²) in [4.78, 5) is 10.7. The third-order valence-electron chi connectivity index (χ3n) is 2.72. The first kappa shape index (κ1) is 11.3. The molecule has 1 aromatic heterocycles. The molecule has 0 radical (unpaired) electrons. The van der Waals surface area contributed by atoms with Crippen LogP contribution in [0.5, 0.6) is 5.75 Å². The molecule has 1 heterocycles. The van der Waals surface area contributed by atoms with Crippen molar-refractivity contribution in [1.82, 2.24) is 4.57 Å². The highest BCUT2D eigenvalue weighted by atomic mass is 16.4. The van der Waals surface area contributed by atoms with E-state index < -0.39 is 5.97 Å². The van der Waals surface area contributed by atoms with Gasteiger partial charge in [0.05, 0.1) is 5.56 Å². The Kier molecular flexibility index (Phi) is 2.63. The van der Waals surface area contributed by atoms with Crippen LogP contribution in [0.15, 0.2) is 30.3 Å². The van der Waals surface area contributed by atoms with Crippen LogP contribution in [0.25, 0.3) is 5.69 Å². The molecule has 1 aromatic carbocycles. The highest BCUT2D eigenvalue weighted by Crippen LogP contribution is 2.24. The van der Waals surface area contributed by atoms with Gasteiger partial charge in [-0.1, -0.05) is 11.8 Å². The van der Waals surface area contributed by atoms with Crippen molar-refractivity contribution in [2.45, 2.75) is 13.8 Å². The molecule has 0 bridgehead atoms. The third kappa shape index (κ3) is 1.89. The number of aryl methyl sites for hydroxylation is 2. The second-order valence-corrected chi connectivity index (χ2v) is 3.94. The molecule has 0 saturated carbocycles. The van der Waals surface area contributed by atoms with Gasteiger partial charge in [-0.15, -0.1) is 0 Å². The van der Waals surface area contributed by atoms with Gasteiger partial charge in [-0.05, 0) is 38.1 Å². The molecule has 0 aliphatic rings. The second kappa shape index (κ2) is 3.97. The van der Waals surface area contributed by atoms with E-state index in [1.165, 1.54) is 6.07 Å². The predicted octanol–water partition coefficient (Wildman–Crippen LogP) is 1.87. The van der Waals surface area contributed by atoms with Crippen LogP contribution in [-0.4, -0.2) is 15.6 Å². The highest BCUT2D eigenvalue weighted by Gasteiger charge is 2.07. The van der Waals surface area contributed by atoms with Gasteiger partial charge in [-0.2, -0.15) is 0 Å². The van der Waals surface area contributed by atoms with Crippen molar-refractivity contribution in [1.29, 1.82) is 0 Å². The van der Waals surface area contributed by atoms with Crippen LogP contribution < -0.4 is 5.11 Å². The van der Waals surface area contributed by atoms with Crippen molar-refractivity contribution in [3.8, 4) is 11.4 Å². The number of aromatic carboxylic acids is 1. The van der Waals surface area contributed by atoms with Crippen molar-refractivity contribution >= 4 is 5.97 Å². The van der Waals surface area contributed by atoms with Crippen LogP contribution in [-0.2, 0) is 0 Å². The molecule has 0 unspecified atom stereocenters. The molecule has 1 N–H and O–H groups in total. The molecule has 0 saturated heterocycles. The molecule has 88 valence electrons. The van der Waals surface area contributed by atoms with Gasteiger partial charge >= 0.3 is 5.97 Å². The topological polar surface area (TPSA) is 65.3 Å². The number of benzene rings is 1. The number of carboxylic acid groups (broad SMARTS) is 1. The minimum atomic E-state index is -1.09. The van der Waals surface area contributed by atoms with Crippen molar-refractivity contribution < 1.29 is 15.0 Å². The number of carboxylic acids is 1. The molecular weight excluding hydrogens is 218 g/mol. The van der Waals surface area contributed by atoms with Crippen molar-refractivity contribution in [2.24, 2.45) is 0 Å². The summed E-state index contributed by atoms with van der Waals surface area (Å²) in [5, 5.41) is 20.7. The first-order valence-electron chi connectivity index (χ1n) is 5.20. The lowest BCUT2D eigenvalue weighted by molar-refractivity contribution is -0.268. The molecule has 4 nitrogen and oxygen atoms in total. The van der Waals surface area contributed by atoms with Crippen LogP contribution in [0.2, 0.25) is 0 Å². The molecule has 0 spiro atoms. The summed E-state index contributed by atoms with van der Waals surface area (Å²) in [5.74, 6) is -1.37. The van der Waals surface area contributed by atoms with E-state index in [9.17, 15) is 9.90 Å². The Morgan fingerprint density at radius 2 is 1.76 bits per heavy atom. The second-order valence-electron chi connectivity index (χ2n) is 3.94. The van der Waals surface area contributed by atoms with E-state index in [0.717, 1.165) is 17.5 Å². The van der Waals surface area contributed by atoms with Crippen molar-refractivity contribution in [3.63, 3.8) is 0 Å². The van der Waals surface area contributed by atoms with Crippen LogP contribution in [0.1, 0.15) is 21.7 Å². The molecule has 0 aliphatic carbocycles. The number of carbonyl (C=O) groups is 1. The van der Waals surface area contributed by atoms with Crippen LogP contribution in [0.3, 0.4) is 0 Å². The zero-order valence-electron chi connectivity index (χ0n) is 9.60. The SMILES string of the molecule is Cc1ccc(C)n1-c1ccc(C(=O)O)cc1[O-]. The van der Waals surface area contributed by atoms with Gasteiger partial charge in [-0.25, -0.2) is 4.79 Å². The predicted molar refractivity (Wildman–Crippen MR) is 61.6 cm³/mol. The maximum atomic E-state index is 11.9. The summed E-state index contributed by atoms with van der Waals surface area (Å²) in [6.07, 6.45) is 0. The Labute approximate surface area is 98.8 Å². The van der Waals surface area contributed by atoms with Gasteiger partial charge < -0.3 is 14.8 Å². The van der Waals surface area contributed by atoms with Gasteiger partial charge in [0.1, 0.15) is 0 Å². The van der Waals surface area contributed by atoms with E-state index in [-0.39, 0.29) is 11.3 Å². The Bertz CT molecular complexity index is 565. The number of hydrogen-bond donors (Lipinski definition) is 1. The van der Waals surface area contributed by atoms with Crippen molar-refractivity contribution in [3.05, 3.63) is 47.3 Å². The maximum absolute atomic E-state index is 11.9. The van der Waals surface area contributed by atoms with Crippen molar-refractivity contribution in [2.75, 3.05) is 0 Å². The number of hydrogen-bond acceptors (Lipinski definition) is 2. The van der Waals surface area contributed by atoms with E-state index in [0.29, 0.717) is 5.69 Å². The van der Waals surface area contributed by atoms with Gasteiger partial charge in [0.15, 0.2) is 0 Å². The molecular formula is C13H12NO3-. The molecule has 0 aliphatic heterocycles. The summed E-state index contributed by atoms with van der Waals surface area (Å²) < 4.78 is 1.81. The quantitative estimate of drug-likeness (QED) is 0.856. The first-order chi connectivity index (χ1) is 8.00. The van der Waals surface area contributed by atoms with Gasteiger partial charge in [0.2, 0.25) is 0 Å². The summed E-state index contributed by atoms with van der Waals surface area (Å²) >= 11 is 0. The van der Waals surface area contributed by atoms with Crippen LogP contribution in [0, 0.1) is 13.8 Å². The van der Waals surface area contributed by atoms with E-state index in [2.05, 4.69) is 0 Å². The smallest absolute Gasteiger partial charge is 0.335 e. The van der Waals surface area contributed by atoms with E-state index in [1.54, 1.807) is 6.07 Å². The standard InChI is InChI=1S/C13H13NO3/c1-8-3-4-9(2)14(8)11-6-5-10(13(16)17)7-12(11)15/h3-7,15H,1-2H3,(H,16,17)/p-1. The Hall–Kier alpha value is -2.23. The summed E-state index contributed by atoms with van der Waals surface area (Å²) in [6.45, 7) is 3.80. The zero-order chi connectivity index (χ0) is 12.6. The molecule has 0 amide bonds. The lowest BCUT2D eigenvalue weighted by Crippen LogP contribution is -2.06. The molecule has 2 aromatic rings. The highest BCUT2D eigenvalue weighted by molar-refractivity contribution is 5.88. The monoisotopic (exact) mass is 230 g/mol. The maximum Gasteiger partial charge on any atom is 0.335 e. The van der Waals surface area contributed by atoms with Gasteiger partial charge in [0, 0.05) is 17.1 Å². The Morgan fingerprint density at radius 3 is 2.24 bits per heavy atom. The average Bonchev–Trinajstić information content (AvgIpc) is 2.59. The van der Waals surface area contributed by atoms with E-state index in [4.69, 9.17) is 5.11 Å². The summed E-state index contributed by atoms with van der Waals surface area (Å²) in [6, 6.07) is 7.97. The lowest BCUT2D eigenvalue weighted by Gasteiger charge is -2.18. The fraction of sp³-hybridized carbons (Fsp3) is 0.154. The van der Waals surface area contributed by atoms with E-state index in [1.807, 2.05) is 30.5 Å².